The number of hydrogen-bond acceptors (Lipinski definition) is 8. The highest BCUT2D eigenvalue weighted by molar-refractivity contribution is 7.90. The second-order valence-electron chi connectivity index (χ2n) is 9.73. The predicted octanol–water partition coefficient (Wildman–Crippen LogP) is 4.86. The van der Waals surface area contributed by atoms with Gasteiger partial charge in [-0.15, -0.1) is 0 Å². The SMILES string of the molecule is COC[C@H]1CC[C@@H](Nc2nc(Cl)nc3c2ccn3S(=O)(=O)c2ccc(C)cc2)CN1C(=O)OCc1ccccc1. The summed E-state index contributed by atoms with van der Waals surface area (Å²) < 4.78 is 38.8. The zero-order chi connectivity index (χ0) is 28.3. The number of hydrogen-bond donors (Lipinski definition) is 1. The number of likely N-dealkylation sites (tertiary alicyclic amines) is 1. The molecule has 0 spiro atoms. The van der Waals surface area contributed by atoms with Crippen LogP contribution in [0.5, 0.6) is 0 Å². The minimum atomic E-state index is -3.91. The largest absolute Gasteiger partial charge is 0.445 e. The van der Waals surface area contributed by atoms with Gasteiger partial charge in [-0.1, -0.05) is 48.0 Å². The van der Waals surface area contributed by atoms with Gasteiger partial charge in [0.25, 0.3) is 10.0 Å². The van der Waals surface area contributed by atoms with Crippen molar-refractivity contribution in [3.05, 3.63) is 83.3 Å². The molecule has 0 saturated carbocycles. The Balaban J connectivity index is 1.37. The molecule has 210 valence electrons. The summed E-state index contributed by atoms with van der Waals surface area (Å²) in [7, 11) is -2.31. The van der Waals surface area contributed by atoms with Gasteiger partial charge in [0.05, 0.1) is 22.9 Å². The number of carbonyl (C=O) groups is 1. The summed E-state index contributed by atoms with van der Waals surface area (Å²) in [4.78, 5) is 23.5. The van der Waals surface area contributed by atoms with E-state index in [-0.39, 0.29) is 34.5 Å². The van der Waals surface area contributed by atoms with Crippen molar-refractivity contribution in [1.82, 2.24) is 18.8 Å². The first-order valence-electron chi connectivity index (χ1n) is 12.9. The van der Waals surface area contributed by atoms with Crippen molar-refractivity contribution in [3.8, 4) is 0 Å². The number of fused-ring (bicyclic) bond motifs is 1. The number of aryl methyl sites for hydroxylation is 1. The van der Waals surface area contributed by atoms with Crippen LogP contribution in [0.1, 0.15) is 24.0 Å². The van der Waals surface area contributed by atoms with Gasteiger partial charge in [-0.25, -0.2) is 22.2 Å². The zero-order valence-corrected chi connectivity index (χ0v) is 23.7. The first-order valence-corrected chi connectivity index (χ1v) is 14.7. The van der Waals surface area contributed by atoms with Gasteiger partial charge in [0.2, 0.25) is 5.28 Å². The smallest absolute Gasteiger partial charge is 0.410 e. The van der Waals surface area contributed by atoms with Gasteiger partial charge in [0.15, 0.2) is 5.65 Å². The Labute approximate surface area is 237 Å². The Hall–Kier alpha value is -3.67. The molecule has 40 heavy (non-hydrogen) atoms. The molecule has 1 fully saturated rings. The molecule has 0 aliphatic carbocycles. The van der Waals surface area contributed by atoms with Crippen LogP contribution in [-0.4, -0.2) is 65.7 Å². The first kappa shape index (κ1) is 27.9. The van der Waals surface area contributed by atoms with E-state index in [1.165, 1.54) is 6.20 Å². The van der Waals surface area contributed by atoms with Crippen molar-refractivity contribution >= 4 is 44.6 Å². The van der Waals surface area contributed by atoms with E-state index in [2.05, 4.69) is 15.3 Å². The Kier molecular flexibility index (Phi) is 8.24. The number of aromatic nitrogens is 3. The fraction of sp³-hybridized carbons (Fsp3) is 0.321. The van der Waals surface area contributed by atoms with Gasteiger partial charge < -0.3 is 19.7 Å². The molecule has 1 aliphatic rings. The van der Waals surface area contributed by atoms with Crippen molar-refractivity contribution < 1.29 is 22.7 Å². The summed E-state index contributed by atoms with van der Waals surface area (Å²) in [6, 6.07) is 17.4. The summed E-state index contributed by atoms with van der Waals surface area (Å²) in [5, 5.41) is 3.77. The van der Waals surface area contributed by atoms with Crippen molar-refractivity contribution in [2.24, 2.45) is 0 Å². The number of anilines is 1. The lowest BCUT2D eigenvalue weighted by Gasteiger charge is -2.39. The molecule has 3 heterocycles. The molecule has 1 N–H and O–H groups in total. The number of rotatable bonds is 8. The number of halogens is 1. The van der Waals surface area contributed by atoms with Gasteiger partial charge in [-0.3, -0.25) is 0 Å². The zero-order valence-electron chi connectivity index (χ0n) is 22.2. The van der Waals surface area contributed by atoms with Crippen molar-refractivity contribution in [1.29, 1.82) is 0 Å². The predicted molar refractivity (Wildman–Crippen MR) is 152 cm³/mol. The minimum Gasteiger partial charge on any atom is -0.445 e. The summed E-state index contributed by atoms with van der Waals surface area (Å²) >= 11 is 6.26. The Morgan fingerprint density at radius 3 is 2.55 bits per heavy atom. The molecule has 1 saturated heterocycles. The van der Waals surface area contributed by atoms with E-state index in [9.17, 15) is 13.2 Å². The van der Waals surface area contributed by atoms with Crippen LogP contribution in [0.25, 0.3) is 11.0 Å². The lowest BCUT2D eigenvalue weighted by atomic mass is 9.99. The Bertz CT molecular complexity index is 1590. The molecule has 5 rings (SSSR count). The van der Waals surface area contributed by atoms with Gasteiger partial charge in [-0.2, -0.15) is 4.98 Å². The maximum Gasteiger partial charge on any atom is 0.410 e. The number of nitrogens with zero attached hydrogens (tertiary/aromatic N) is 4. The quantitative estimate of drug-likeness (QED) is 0.292. The number of ether oxygens (including phenoxy) is 2. The summed E-state index contributed by atoms with van der Waals surface area (Å²) in [6.07, 6.45) is 2.41. The molecule has 4 aromatic rings. The normalized spacial score (nSPS) is 17.6. The maximum absolute atomic E-state index is 13.4. The van der Waals surface area contributed by atoms with Crippen molar-refractivity contribution in [2.45, 2.75) is 43.4 Å². The van der Waals surface area contributed by atoms with Crippen LogP contribution >= 0.6 is 11.6 Å². The van der Waals surface area contributed by atoms with E-state index in [0.717, 1.165) is 21.5 Å². The lowest BCUT2D eigenvalue weighted by molar-refractivity contribution is 0.0368. The maximum atomic E-state index is 13.4. The van der Waals surface area contributed by atoms with Gasteiger partial charge >= 0.3 is 6.09 Å². The first-order chi connectivity index (χ1) is 19.3. The van der Waals surface area contributed by atoms with E-state index in [4.69, 9.17) is 21.1 Å². The van der Waals surface area contributed by atoms with Crippen LogP contribution in [0.3, 0.4) is 0 Å². The van der Waals surface area contributed by atoms with E-state index in [0.29, 0.717) is 30.8 Å². The van der Waals surface area contributed by atoms with E-state index >= 15 is 0 Å². The van der Waals surface area contributed by atoms with Crippen LogP contribution in [0.4, 0.5) is 10.6 Å². The van der Waals surface area contributed by atoms with E-state index in [1.807, 2.05) is 37.3 Å². The number of methoxy groups -OCH3 is 1. The van der Waals surface area contributed by atoms with Crippen LogP contribution in [0, 0.1) is 6.92 Å². The molecule has 12 heteroatoms. The topological polar surface area (TPSA) is 116 Å². The Morgan fingerprint density at radius 2 is 1.82 bits per heavy atom. The third-order valence-electron chi connectivity index (χ3n) is 6.91. The molecule has 1 aliphatic heterocycles. The van der Waals surface area contributed by atoms with Crippen molar-refractivity contribution in [2.75, 3.05) is 25.6 Å². The fourth-order valence-corrected chi connectivity index (χ4v) is 6.28. The third kappa shape index (κ3) is 5.91. The molecule has 0 bridgehead atoms. The molecule has 2 atom stereocenters. The standard InChI is InChI=1S/C28H30ClN5O5S/c1-19-8-12-23(13-9-19)40(36,37)34-15-14-24-25(31-27(29)32-26(24)34)30-21-10-11-22(18-38-2)33(16-21)28(35)39-17-20-6-4-3-5-7-20/h3-9,12-15,21-22H,10-11,16-18H2,1-2H3,(H,30,31,32)/t21-,22-/m1/s1. The van der Waals surface area contributed by atoms with Crippen LogP contribution in [0.15, 0.2) is 71.8 Å². The molecule has 10 nitrogen and oxygen atoms in total. The molecule has 0 radical (unpaired) electrons. The average Bonchev–Trinajstić information content (AvgIpc) is 3.38. The highest BCUT2D eigenvalue weighted by Crippen LogP contribution is 2.29. The average molecular weight is 584 g/mol. The molecule has 2 aromatic heterocycles. The fourth-order valence-electron chi connectivity index (χ4n) is 4.82. The Morgan fingerprint density at radius 1 is 1.07 bits per heavy atom. The highest BCUT2D eigenvalue weighted by atomic mass is 35.5. The van der Waals surface area contributed by atoms with E-state index in [1.54, 1.807) is 42.3 Å². The van der Waals surface area contributed by atoms with E-state index < -0.39 is 16.1 Å². The molecular formula is C28H30ClN5O5S. The highest BCUT2D eigenvalue weighted by Gasteiger charge is 2.33. The molecule has 1 amide bonds. The van der Waals surface area contributed by atoms with Gasteiger partial charge in [-0.05, 0) is 55.1 Å². The molecular weight excluding hydrogens is 554 g/mol. The monoisotopic (exact) mass is 583 g/mol. The molecule has 2 aromatic carbocycles. The third-order valence-corrected chi connectivity index (χ3v) is 8.76. The van der Waals surface area contributed by atoms with Crippen LogP contribution < -0.4 is 5.32 Å². The van der Waals surface area contributed by atoms with Gasteiger partial charge in [0.1, 0.15) is 12.4 Å². The van der Waals surface area contributed by atoms with Crippen molar-refractivity contribution in [3.63, 3.8) is 0 Å². The van der Waals surface area contributed by atoms with Crippen LogP contribution in [-0.2, 0) is 26.1 Å². The lowest BCUT2D eigenvalue weighted by Crippen LogP contribution is -2.52. The number of amides is 1. The number of benzene rings is 2. The van der Waals surface area contributed by atoms with Gasteiger partial charge in [0, 0.05) is 25.9 Å². The summed E-state index contributed by atoms with van der Waals surface area (Å²) in [5.74, 6) is 0.389. The summed E-state index contributed by atoms with van der Waals surface area (Å²) in [5.41, 5.74) is 2.01. The number of nitrogens with one attached hydrogen (secondary N) is 1. The second kappa shape index (κ2) is 11.8. The molecule has 0 unspecified atom stereocenters. The van der Waals surface area contributed by atoms with Crippen LogP contribution in [0.2, 0.25) is 5.28 Å². The number of carbonyl (C=O) groups excluding carboxylic acids is 1. The minimum absolute atomic E-state index is 0.0961. The summed E-state index contributed by atoms with van der Waals surface area (Å²) in [6.45, 7) is 2.78. The second-order valence-corrected chi connectivity index (χ2v) is 11.9. The number of piperidine rings is 1.